The maximum atomic E-state index is 14.4. The molecule has 0 spiro atoms. The monoisotopic (exact) mass is 539 g/mol. The third-order valence-electron chi connectivity index (χ3n) is 8.38. The Kier molecular flexibility index (Phi) is 7.48. The van der Waals surface area contributed by atoms with E-state index in [1.165, 1.54) is 5.56 Å². The second-order valence-electron chi connectivity index (χ2n) is 10.7. The molecule has 2 atom stereocenters. The summed E-state index contributed by atoms with van der Waals surface area (Å²) in [6.45, 7) is 9.40. The van der Waals surface area contributed by atoms with Crippen molar-refractivity contribution in [2.45, 2.75) is 38.8 Å². The van der Waals surface area contributed by atoms with Gasteiger partial charge in [0, 0.05) is 44.8 Å². The lowest BCUT2D eigenvalue weighted by molar-refractivity contribution is -0.136. The number of nitrogens with zero attached hydrogens (tertiary/aromatic N) is 3. The van der Waals surface area contributed by atoms with Crippen molar-refractivity contribution in [3.05, 3.63) is 94.5 Å². The molecule has 3 aromatic rings. The molecule has 0 unspecified atom stereocenters. The van der Waals surface area contributed by atoms with Crippen LogP contribution in [0.15, 0.2) is 66.7 Å². The number of piperazine rings is 1. The van der Waals surface area contributed by atoms with Crippen LogP contribution in [0.1, 0.15) is 58.4 Å². The average molecular weight is 540 g/mol. The van der Waals surface area contributed by atoms with Crippen molar-refractivity contribution in [2.75, 3.05) is 45.9 Å². The van der Waals surface area contributed by atoms with Gasteiger partial charge in [-0.15, -0.1) is 0 Å². The van der Waals surface area contributed by atoms with Crippen LogP contribution in [-0.2, 0) is 17.8 Å². The Bertz CT molecular complexity index is 1380. The van der Waals surface area contributed by atoms with Gasteiger partial charge in [-0.1, -0.05) is 48.5 Å². The van der Waals surface area contributed by atoms with Crippen molar-refractivity contribution in [3.63, 3.8) is 0 Å². The normalized spacial score (nSPS) is 20.4. The molecule has 3 heterocycles. The Morgan fingerprint density at radius 3 is 2.23 bits per heavy atom. The van der Waals surface area contributed by atoms with Crippen LogP contribution < -0.4 is 9.47 Å². The largest absolute Gasteiger partial charge is 0.490 e. The third-order valence-corrected chi connectivity index (χ3v) is 8.38. The second kappa shape index (κ2) is 11.3. The lowest BCUT2D eigenvalue weighted by Crippen LogP contribution is -2.54. The van der Waals surface area contributed by atoms with E-state index >= 15 is 0 Å². The van der Waals surface area contributed by atoms with Gasteiger partial charge >= 0.3 is 0 Å². The molecule has 208 valence electrons. The average Bonchev–Trinajstić information content (AvgIpc) is 2.98. The minimum Gasteiger partial charge on any atom is -0.490 e. The zero-order chi connectivity index (χ0) is 27.6. The number of carbonyl (C=O) groups is 2. The van der Waals surface area contributed by atoms with E-state index in [9.17, 15) is 9.59 Å². The Labute approximate surface area is 236 Å². The zero-order valence-corrected chi connectivity index (χ0v) is 23.3. The molecule has 0 saturated carbocycles. The minimum absolute atomic E-state index is 0.00479. The fraction of sp³-hybridized carbons (Fsp3) is 0.394. The summed E-state index contributed by atoms with van der Waals surface area (Å²) < 4.78 is 11.9. The smallest absolute Gasteiger partial charge is 0.254 e. The summed E-state index contributed by atoms with van der Waals surface area (Å²) in [5.41, 5.74) is 4.85. The molecule has 0 radical (unpaired) electrons. The minimum atomic E-state index is -0.471. The molecule has 7 nitrogen and oxygen atoms in total. The van der Waals surface area contributed by atoms with E-state index in [1.54, 1.807) is 0 Å². The summed E-state index contributed by atoms with van der Waals surface area (Å²) in [4.78, 5) is 34.5. The predicted molar refractivity (Wildman–Crippen MR) is 154 cm³/mol. The van der Waals surface area contributed by atoms with Crippen molar-refractivity contribution < 1.29 is 19.1 Å². The Morgan fingerprint density at radius 1 is 0.825 bits per heavy atom. The molecule has 3 aliphatic rings. The first-order chi connectivity index (χ1) is 19.6. The van der Waals surface area contributed by atoms with Gasteiger partial charge in [0.1, 0.15) is 0 Å². The van der Waals surface area contributed by atoms with Gasteiger partial charge in [-0.2, -0.15) is 0 Å². The number of ether oxygens (including phenoxy) is 2. The maximum Gasteiger partial charge on any atom is 0.254 e. The lowest BCUT2D eigenvalue weighted by atomic mass is 9.75. The molecule has 0 N–H and O–H groups in total. The Balaban J connectivity index is 1.33. The molecule has 2 amide bonds. The molecule has 6 rings (SSSR count). The van der Waals surface area contributed by atoms with Crippen LogP contribution >= 0.6 is 0 Å². The van der Waals surface area contributed by atoms with Gasteiger partial charge < -0.3 is 19.3 Å². The number of benzene rings is 3. The molecule has 3 aromatic carbocycles. The van der Waals surface area contributed by atoms with Crippen LogP contribution in [0.25, 0.3) is 0 Å². The van der Waals surface area contributed by atoms with Gasteiger partial charge in [-0.3, -0.25) is 14.5 Å². The van der Waals surface area contributed by atoms with Crippen molar-refractivity contribution in [1.82, 2.24) is 14.7 Å². The van der Waals surface area contributed by atoms with E-state index in [4.69, 9.17) is 9.47 Å². The topological polar surface area (TPSA) is 62.3 Å². The number of amides is 2. The summed E-state index contributed by atoms with van der Waals surface area (Å²) in [5, 5.41) is 0. The highest BCUT2D eigenvalue weighted by atomic mass is 16.5. The van der Waals surface area contributed by atoms with E-state index in [2.05, 4.69) is 35.2 Å². The fourth-order valence-corrected chi connectivity index (χ4v) is 6.50. The molecule has 0 aliphatic carbocycles. The second-order valence-corrected chi connectivity index (χ2v) is 10.7. The Morgan fingerprint density at radius 2 is 1.50 bits per heavy atom. The standard InChI is InChI=1S/C33H37N3O4/c1-3-39-28-20-24-14-15-36-31(27(24)21-29(28)40-4-2)30(25-12-8-9-13-26(25)32(36)37)33(38)35-18-16-34(17-19-35)22-23-10-6-5-7-11-23/h5-13,20-21,30-31H,3-4,14-19,22H2,1-2H3/t30-,31-/m1/s1. The third kappa shape index (κ3) is 4.83. The number of hydrogen-bond donors (Lipinski definition) is 0. The highest BCUT2D eigenvalue weighted by Crippen LogP contribution is 2.49. The molecule has 7 heteroatoms. The van der Waals surface area contributed by atoms with Gasteiger partial charge in [-0.05, 0) is 60.7 Å². The maximum absolute atomic E-state index is 14.4. The van der Waals surface area contributed by atoms with Crippen LogP contribution in [-0.4, -0.2) is 72.5 Å². The molecule has 40 heavy (non-hydrogen) atoms. The number of hydrogen-bond acceptors (Lipinski definition) is 5. The summed E-state index contributed by atoms with van der Waals surface area (Å²) >= 11 is 0. The van der Waals surface area contributed by atoms with Gasteiger partial charge in [0.2, 0.25) is 5.91 Å². The number of rotatable bonds is 7. The van der Waals surface area contributed by atoms with Crippen LogP contribution in [0.4, 0.5) is 0 Å². The number of carbonyl (C=O) groups excluding carboxylic acids is 2. The van der Waals surface area contributed by atoms with Gasteiger partial charge in [0.05, 0.1) is 25.2 Å². The molecule has 1 saturated heterocycles. The molecule has 0 bridgehead atoms. The van der Waals surface area contributed by atoms with E-state index in [0.29, 0.717) is 50.6 Å². The fourth-order valence-electron chi connectivity index (χ4n) is 6.50. The van der Waals surface area contributed by atoms with Crippen LogP contribution in [0.3, 0.4) is 0 Å². The van der Waals surface area contributed by atoms with E-state index in [0.717, 1.165) is 42.1 Å². The van der Waals surface area contributed by atoms with Crippen LogP contribution in [0, 0.1) is 0 Å². The number of fused-ring (bicyclic) bond motifs is 4. The van der Waals surface area contributed by atoms with Gasteiger partial charge in [0.25, 0.3) is 5.91 Å². The van der Waals surface area contributed by atoms with Crippen molar-refractivity contribution in [1.29, 1.82) is 0 Å². The summed E-state index contributed by atoms with van der Waals surface area (Å²) in [7, 11) is 0. The summed E-state index contributed by atoms with van der Waals surface area (Å²) in [6.07, 6.45) is 0.714. The molecule has 1 fully saturated rings. The first-order valence-corrected chi connectivity index (χ1v) is 14.5. The Hall–Kier alpha value is -3.84. The van der Waals surface area contributed by atoms with Crippen LogP contribution in [0.2, 0.25) is 0 Å². The first kappa shape index (κ1) is 26.4. The highest BCUT2D eigenvalue weighted by molar-refractivity contribution is 6.01. The van der Waals surface area contributed by atoms with Crippen molar-refractivity contribution >= 4 is 11.8 Å². The molecular formula is C33H37N3O4. The lowest BCUT2D eigenvalue weighted by Gasteiger charge is -2.47. The van der Waals surface area contributed by atoms with E-state index in [1.807, 2.05) is 60.0 Å². The SMILES string of the molecule is CCOc1cc2c(cc1OCC)[C@@H]1[C@H](C(=O)N3CCN(Cc4ccccc4)CC3)c3ccccc3C(=O)N1CC2. The van der Waals surface area contributed by atoms with Crippen LogP contribution in [0.5, 0.6) is 11.5 Å². The summed E-state index contributed by atoms with van der Waals surface area (Å²) in [6, 6.07) is 21.8. The zero-order valence-electron chi connectivity index (χ0n) is 23.3. The van der Waals surface area contributed by atoms with E-state index < -0.39 is 5.92 Å². The molecular weight excluding hydrogens is 502 g/mol. The first-order valence-electron chi connectivity index (χ1n) is 14.5. The molecule has 3 aliphatic heterocycles. The molecule has 0 aromatic heterocycles. The van der Waals surface area contributed by atoms with E-state index in [-0.39, 0.29) is 17.9 Å². The van der Waals surface area contributed by atoms with Gasteiger partial charge in [0.15, 0.2) is 11.5 Å². The van der Waals surface area contributed by atoms with Gasteiger partial charge in [-0.25, -0.2) is 0 Å². The summed E-state index contributed by atoms with van der Waals surface area (Å²) in [5.74, 6) is 0.998. The predicted octanol–water partition coefficient (Wildman–Crippen LogP) is 4.67. The quantitative estimate of drug-likeness (QED) is 0.437. The highest BCUT2D eigenvalue weighted by Gasteiger charge is 2.48. The van der Waals surface area contributed by atoms with Crippen molar-refractivity contribution in [2.24, 2.45) is 0 Å². The van der Waals surface area contributed by atoms with Crippen molar-refractivity contribution in [3.8, 4) is 11.5 Å².